The summed E-state index contributed by atoms with van der Waals surface area (Å²) in [5.41, 5.74) is 6.12. The van der Waals surface area contributed by atoms with Gasteiger partial charge in [0.25, 0.3) is 11.1 Å². The third kappa shape index (κ3) is 3.99. The number of amides is 2. The van der Waals surface area contributed by atoms with Crippen molar-refractivity contribution in [3.8, 4) is 11.5 Å². The predicted octanol–water partition coefficient (Wildman–Crippen LogP) is 1.75. The lowest BCUT2D eigenvalue weighted by Gasteiger charge is -2.10. The molecule has 21 heavy (non-hydrogen) atoms. The van der Waals surface area contributed by atoms with Gasteiger partial charge in [0.05, 0.1) is 18.6 Å². The average Bonchev–Trinajstić information content (AvgIpc) is 2.78. The first-order valence-corrected chi connectivity index (χ1v) is 7.21. The number of imide groups is 1. The van der Waals surface area contributed by atoms with Crippen molar-refractivity contribution >= 4 is 29.0 Å². The predicted molar refractivity (Wildman–Crippen MR) is 81.3 cm³/mol. The van der Waals surface area contributed by atoms with Crippen molar-refractivity contribution in [2.24, 2.45) is 5.73 Å². The molecule has 2 rings (SSSR count). The largest absolute Gasteiger partial charge is 0.497 e. The molecular weight excluding hydrogens is 292 g/mol. The van der Waals surface area contributed by atoms with Crippen LogP contribution in [0.1, 0.15) is 12.0 Å². The van der Waals surface area contributed by atoms with Crippen LogP contribution in [-0.4, -0.2) is 31.4 Å². The molecule has 0 spiro atoms. The Morgan fingerprint density at radius 2 is 2.19 bits per heavy atom. The van der Waals surface area contributed by atoms with Crippen LogP contribution in [0, 0.1) is 0 Å². The van der Waals surface area contributed by atoms with Gasteiger partial charge in [0, 0.05) is 5.56 Å². The standard InChI is InChI=1S/C14H16N2O4S/c1-19-10-3-4-11(20-6-2-5-15)9(7-10)8-12-13(17)16-14(18)21-12/h3-4,7-8H,2,5-6,15H2,1H3,(H,16,17,18)/b12-8+. The van der Waals surface area contributed by atoms with E-state index in [0.717, 1.165) is 18.2 Å². The van der Waals surface area contributed by atoms with E-state index in [2.05, 4.69) is 5.32 Å². The summed E-state index contributed by atoms with van der Waals surface area (Å²) in [7, 11) is 1.56. The van der Waals surface area contributed by atoms with Crippen LogP contribution in [-0.2, 0) is 4.79 Å². The van der Waals surface area contributed by atoms with Gasteiger partial charge in [-0.1, -0.05) is 0 Å². The lowest BCUT2D eigenvalue weighted by atomic mass is 10.1. The van der Waals surface area contributed by atoms with E-state index in [4.69, 9.17) is 15.2 Å². The van der Waals surface area contributed by atoms with Crippen molar-refractivity contribution < 1.29 is 19.1 Å². The van der Waals surface area contributed by atoms with Crippen molar-refractivity contribution in [2.75, 3.05) is 20.3 Å². The summed E-state index contributed by atoms with van der Waals surface area (Å²) in [4.78, 5) is 23.1. The van der Waals surface area contributed by atoms with Gasteiger partial charge in [0.2, 0.25) is 0 Å². The van der Waals surface area contributed by atoms with Crippen molar-refractivity contribution in [2.45, 2.75) is 6.42 Å². The van der Waals surface area contributed by atoms with Crippen LogP contribution in [0.2, 0.25) is 0 Å². The van der Waals surface area contributed by atoms with E-state index in [0.29, 0.717) is 35.1 Å². The monoisotopic (exact) mass is 308 g/mol. The Kier molecular flexibility index (Phi) is 5.24. The number of thioether (sulfide) groups is 1. The Hall–Kier alpha value is -1.99. The number of nitrogens with one attached hydrogen (secondary N) is 1. The highest BCUT2D eigenvalue weighted by molar-refractivity contribution is 8.18. The van der Waals surface area contributed by atoms with Gasteiger partial charge in [-0.2, -0.15) is 0 Å². The van der Waals surface area contributed by atoms with E-state index in [-0.39, 0.29) is 5.24 Å². The fourth-order valence-electron chi connectivity index (χ4n) is 1.73. The van der Waals surface area contributed by atoms with Crippen LogP contribution in [0.3, 0.4) is 0 Å². The van der Waals surface area contributed by atoms with Crippen molar-refractivity contribution in [1.82, 2.24) is 5.32 Å². The third-order valence-corrected chi connectivity index (χ3v) is 3.56. The molecule has 0 radical (unpaired) electrons. The zero-order valence-electron chi connectivity index (χ0n) is 11.5. The maximum absolute atomic E-state index is 11.6. The second-order valence-corrected chi connectivity index (χ2v) is 5.26. The first-order chi connectivity index (χ1) is 10.1. The van der Waals surface area contributed by atoms with Gasteiger partial charge < -0.3 is 15.2 Å². The fraction of sp³-hybridized carbons (Fsp3) is 0.286. The minimum Gasteiger partial charge on any atom is -0.497 e. The molecule has 6 nitrogen and oxygen atoms in total. The van der Waals surface area contributed by atoms with Gasteiger partial charge in [0.1, 0.15) is 11.5 Å². The maximum atomic E-state index is 11.6. The van der Waals surface area contributed by atoms with Gasteiger partial charge in [-0.05, 0) is 49.0 Å². The Morgan fingerprint density at radius 3 is 2.81 bits per heavy atom. The molecule has 1 aliphatic heterocycles. The quantitative estimate of drug-likeness (QED) is 0.614. The number of nitrogens with two attached hydrogens (primary N) is 1. The first kappa shape index (κ1) is 15.4. The third-order valence-electron chi connectivity index (χ3n) is 2.75. The van der Waals surface area contributed by atoms with E-state index in [1.807, 2.05) is 0 Å². The number of rotatable bonds is 6. The molecule has 0 saturated carbocycles. The number of methoxy groups -OCH3 is 1. The van der Waals surface area contributed by atoms with E-state index in [1.54, 1.807) is 31.4 Å². The molecule has 1 aliphatic rings. The lowest BCUT2D eigenvalue weighted by Crippen LogP contribution is -2.17. The van der Waals surface area contributed by atoms with E-state index in [9.17, 15) is 9.59 Å². The van der Waals surface area contributed by atoms with E-state index >= 15 is 0 Å². The summed E-state index contributed by atoms with van der Waals surface area (Å²) < 4.78 is 10.8. The highest BCUT2D eigenvalue weighted by Crippen LogP contribution is 2.31. The Balaban J connectivity index is 2.28. The smallest absolute Gasteiger partial charge is 0.290 e. The van der Waals surface area contributed by atoms with Crippen LogP contribution in [0.25, 0.3) is 6.08 Å². The molecule has 0 aliphatic carbocycles. The number of carbonyl (C=O) groups is 2. The second-order valence-electron chi connectivity index (χ2n) is 4.25. The Bertz CT molecular complexity index is 586. The molecule has 1 fully saturated rings. The number of hydrogen-bond acceptors (Lipinski definition) is 6. The SMILES string of the molecule is COc1ccc(OCCCN)c(/C=C2/SC(=O)NC2=O)c1. The van der Waals surface area contributed by atoms with Crippen molar-refractivity contribution in [3.05, 3.63) is 28.7 Å². The molecule has 0 bridgehead atoms. The zero-order chi connectivity index (χ0) is 15.2. The summed E-state index contributed by atoms with van der Waals surface area (Å²) in [6.07, 6.45) is 2.35. The molecule has 3 N–H and O–H groups in total. The normalized spacial score (nSPS) is 16.2. The number of hydrogen-bond donors (Lipinski definition) is 2. The summed E-state index contributed by atoms with van der Waals surface area (Å²) in [5, 5.41) is 1.84. The van der Waals surface area contributed by atoms with E-state index < -0.39 is 5.91 Å². The van der Waals surface area contributed by atoms with Crippen LogP contribution in [0.4, 0.5) is 4.79 Å². The number of ether oxygens (including phenoxy) is 2. The minimum atomic E-state index is -0.402. The molecular formula is C14H16N2O4S. The van der Waals surface area contributed by atoms with Crippen LogP contribution >= 0.6 is 11.8 Å². The molecule has 1 aromatic rings. The summed E-state index contributed by atoms with van der Waals surface area (Å²) >= 11 is 0.864. The molecule has 1 aromatic carbocycles. The summed E-state index contributed by atoms with van der Waals surface area (Å²) in [5.74, 6) is 0.855. The molecule has 0 unspecified atom stereocenters. The highest BCUT2D eigenvalue weighted by atomic mass is 32.2. The second kappa shape index (κ2) is 7.14. The highest BCUT2D eigenvalue weighted by Gasteiger charge is 2.25. The molecule has 112 valence electrons. The Labute approximate surface area is 126 Å². The van der Waals surface area contributed by atoms with Gasteiger partial charge in [0.15, 0.2) is 0 Å². The Morgan fingerprint density at radius 1 is 1.38 bits per heavy atom. The first-order valence-electron chi connectivity index (χ1n) is 6.40. The topological polar surface area (TPSA) is 90.7 Å². The summed E-state index contributed by atoms with van der Waals surface area (Å²) in [6, 6.07) is 5.29. The van der Waals surface area contributed by atoms with Crippen LogP contribution in [0.5, 0.6) is 11.5 Å². The maximum Gasteiger partial charge on any atom is 0.290 e. The minimum absolute atomic E-state index is 0.330. The average molecular weight is 308 g/mol. The molecule has 1 saturated heterocycles. The van der Waals surface area contributed by atoms with E-state index in [1.165, 1.54) is 0 Å². The number of carbonyl (C=O) groups excluding carboxylic acids is 2. The lowest BCUT2D eigenvalue weighted by molar-refractivity contribution is -0.115. The van der Waals surface area contributed by atoms with Crippen LogP contribution < -0.4 is 20.5 Å². The summed E-state index contributed by atoms with van der Waals surface area (Å²) in [6.45, 7) is 1.02. The molecule has 0 aromatic heterocycles. The molecule has 2 amide bonds. The number of benzene rings is 1. The van der Waals surface area contributed by atoms with Gasteiger partial charge in [-0.25, -0.2) is 0 Å². The molecule has 1 heterocycles. The zero-order valence-corrected chi connectivity index (χ0v) is 12.4. The van der Waals surface area contributed by atoms with Crippen molar-refractivity contribution in [3.63, 3.8) is 0 Å². The molecule has 0 atom stereocenters. The van der Waals surface area contributed by atoms with Gasteiger partial charge in [-0.3, -0.25) is 14.9 Å². The molecule has 7 heteroatoms. The van der Waals surface area contributed by atoms with Crippen molar-refractivity contribution in [1.29, 1.82) is 0 Å². The van der Waals surface area contributed by atoms with Crippen LogP contribution in [0.15, 0.2) is 23.1 Å². The fourth-order valence-corrected chi connectivity index (χ4v) is 2.40. The van der Waals surface area contributed by atoms with Gasteiger partial charge >= 0.3 is 0 Å². The van der Waals surface area contributed by atoms with Gasteiger partial charge in [-0.15, -0.1) is 0 Å².